The molecule has 0 aliphatic rings. The van der Waals surface area contributed by atoms with Crippen molar-refractivity contribution in [3.8, 4) is 11.1 Å². The van der Waals surface area contributed by atoms with Crippen LogP contribution in [0.4, 0.5) is 0 Å². The van der Waals surface area contributed by atoms with Gasteiger partial charge in [-0.25, -0.2) is 0 Å². The van der Waals surface area contributed by atoms with Gasteiger partial charge >= 0.3 is 41.9 Å². The molecule has 4 rings (SSSR count). The fraction of sp³-hybridized carbons (Fsp3) is 0.394. The molecule has 0 N–H and O–H groups in total. The normalized spacial score (nSPS) is 10.5. The van der Waals surface area contributed by atoms with Crippen molar-refractivity contribution in [3.05, 3.63) is 94.0 Å². The van der Waals surface area contributed by atoms with Crippen LogP contribution in [0.25, 0.3) is 21.9 Å². The molecule has 200 valence electrons. The van der Waals surface area contributed by atoms with Crippen LogP contribution in [0, 0.1) is 27.7 Å². The molecule has 4 heteroatoms. The zero-order chi connectivity index (χ0) is 26.5. The van der Waals surface area contributed by atoms with Crippen LogP contribution >= 0.6 is 0 Å². The van der Waals surface area contributed by atoms with Crippen molar-refractivity contribution in [2.24, 2.45) is 0 Å². The average Bonchev–Trinajstić information content (AvgIpc) is 3.30. The summed E-state index contributed by atoms with van der Waals surface area (Å²) in [4.78, 5) is 0. The Morgan fingerprint density at radius 2 is 1.27 bits per heavy atom. The van der Waals surface area contributed by atoms with Crippen LogP contribution in [0.3, 0.4) is 0 Å². The summed E-state index contributed by atoms with van der Waals surface area (Å²) in [5.74, 6) is 0.573. The van der Waals surface area contributed by atoms with E-state index in [1.165, 1.54) is 55.3 Å². The van der Waals surface area contributed by atoms with E-state index in [-0.39, 0.29) is 35.7 Å². The minimum absolute atomic E-state index is 0. The third-order valence-electron chi connectivity index (χ3n) is 6.68. The molecule has 0 aliphatic carbocycles. The van der Waals surface area contributed by atoms with Crippen LogP contribution in [0.1, 0.15) is 73.9 Å². The van der Waals surface area contributed by atoms with E-state index in [0.717, 1.165) is 0 Å². The molecule has 0 heterocycles. The standard InChI is InChI=1S/C22H25.C9H13.C2H6Si.2ClH.Zr/c1-15(2)18-13-17-7-6-8-20(21(17)14-18)16-9-11-19(12-10-16)22(3,4)5;1-6-5-7(2)9(4)8(6)3;1-3-2;;;/h6-15H,1-5H3;5H,1-4H3;1-2H3;2*1H;/q2*-1;;;;+2/p-2. The van der Waals surface area contributed by atoms with Crippen molar-refractivity contribution < 1.29 is 48.1 Å². The van der Waals surface area contributed by atoms with E-state index in [0.29, 0.717) is 5.92 Å². The minimum Gasteiger partial charge on any atom is -1.00 e. The maximum Gasteiger partial charge on any atom is -0.0632 e. The molecular weight excluding hydrogens is 587 g/mol. The van der Waals surface area contributed by atoms with Crippen LogP contribution in [0.15, 0.2) is 60.7 Å². The molecule has 0 nitrogen and oxygen atoms in total. The fourth-order valence-corrected chi connectivity index (χ4v) is 4.13. The second kappa shape index (κ2) is 15.6. The van der Waals surface area contributed by atoms with Crippen molar-refractivity contribution in [1.82, 2.24) is 0 Å². The molecule has 0 fully saturated rings. The van der Waals surface area contributed by atoms with E-state index in [4.69, 9.17) is 0 Å². The Hall–Kier alpha value is -0.920. The number of rotatable bonds is 2. The Kier molecular flexibility index (Phi) is 15.2. The Balaban J connectivity index is 0.000000724. The van der Waals surface area contributed by atoms with Crippen LogP contribution in [0.2, 0.25) is 13.1 Å². The predicted molar refractivity (Wildman–Crippen MR) is 156 cm³/mol. The van der Waals surface area contributed by atoms with Crippen LogP contribution in [0.5, 0.6) is 0 Å². The summed E-state index contributed by atoms with van der Waals surface area (Å²) in [5.41, 5.74) is 11.6. The van der Waals surface area contributed by atoms with Crippen LogP contribution in [-0.4, -0.2) is 5.43 Å². The molecule has 0 aromatic heterocycles. The minimum atomic E-state index is 0. The predicted octanol–water partition coefficient (Wildman–Crippen LogP) is 4.08. The quantitative estimate of drug-likeness (QED) is 0.232. The number of fused-ring (bicyclic) bond motifs is 1. The molecule has 0 atom stereocenters. The van der Waals surface area contributed by atoms with Gasteiger partial charge in [-0.15, -0.1) is 34.5 Å². The van der Waals surface area contributed by atoms with Gasteiger partial charge in [-0.2, -0.15) is 34.4 Å². The molecule has 0 amide bonds. The van der Waals surface area contributed by atoms with Gasteiger partial charge in [-0.05, 0) is 22.5 Å². The van der Waals surface area contributed by atoms with Gasteiger partial charge in [0.15, 0.2) is 0 Å². The summed E-state index contributed by atoms with van der Waals surface area (Å²) in [6.45, 7) is 24.6. The summed E-state index contributed by atoms with van der Waals surface area (Å²) in [6.07, 6.45) is 0. The van der Waals surface area contributed by atoms with E-state index in [1.54, 1.807) is 23.3 Å². The topological polar surface area (TPSA) is 0 Å². The summed E-state index contributed by atoms with van der Waals surface area (Å²) in [6, 6.07) is 22.6. The summed E-state index contributed by atoms with van der Waals surface area (Å²) < 4.78 is 0. The third-order valence-corrected chi connectivity index (χ3v) is 6.68. The Morgan fingerprint density at radius 3 is 1.65 bits per heavy atom. The van der Waals surface area contributed by atoms with Gasteiger partial charge in [-0.3, -0.25) is 0 Å². The van der Waals surface area contributed by atoms with Crippen molar-refractivity contribution in [1.29, 1.82) is 0 Å². The Bertz CT molecular complexity index is 1240. The molecule has 0 bridgehead atoms. The van der Waals surface area contributed by atoms with Crippen molar-refractivity contribution in [2.45, 2.75) is 86.7 Å². The molecule has 0 spiro atoms. The van der Waals surface area contributed by atoms with E-state index in [1.807, 2.05) is 0 Å². The molecule has 0 aliphatic heterocycles. The SMILES string of the molecule is CC(C)c1cc2c(-c3ccc(C(C)(C)C)cc3)cccc2[cH-]1.C[Si](C)=[Zr+2].Cc1[cH-]c(C)c(C)c1C.[Cl-].[Cl-]. The summed E-state index contributed by atoms with van der Waals surface area (Å²) in [7, 11) is 0. The Morgan fingerprint density at radius 1 is 0.784 bits per heavy atom. The second-order valence-corrected chi connectivity index (χ2v) is 20.7. The first-order valence-electron chi connectivity index (χ1n) is 12.7. The van der Waals surface area contributed by atoms with Crippen molar-refractivity contribution in [3.63, 3.8) is 0 Å². The number of hydrogen-bond acceptors (Lipinski definition) is 0. The molecule has 37 heavy (non-hydrogen) atoms. The molecular formula is C33H44Cl2SiZr-2. The fourth-order valence-electron chi connectivity index (χ4n) is 4.13. The van der Waals surface area contributed by atoms with E-state index in [9.17, 15) is 0 Å². The summed E-state index contributed by atoms with van der Waals surface area (Å²) >= 11 is 1.74. The van der Waals surface area contributed by atoms with Gasteiger partial charge in [0.25, 0.3) is 0 Å². The zero-order valence-corrected chi connectivity index (χ0v) is 29.6. The van der Waals surface area contributed by atoms with Gasteiger partial charge in [0.1, 0.15) is 0 Å². The van der Waals surface area contributed by atoms with E-state index in [2.05, 4.69) is 136 Å². The molecule has 4 aromatic rings. The van der Waals surface area contributed by atoms with Gasteiger partial charge < -0.3 is 24.8 Å². The van der Waals surface area contributed by atoms with Crippen molar-refractivity contribution >= 4 is 16.2 Å². The molecule has 4 aromatic carbocycles. The van der Waals surface area contributed by atoms with Gasteiger partial charge in [0.05, 0.1) is 0 Å². The van der Waals surface area contributed by atoms with Gasteiger partial charge in [-0.1, -0.05) is 98.2 Å². The third kappa shape index (κ3) is 10.3. The van der Waals surface area contributed by atoms with E-state index < -0.39 is 0 Å². The number of hydrogen-bond donors (Lipinski definition) is 0. The largest absolute Gasteiger partial charge is 1.00 e. The molecule has 0 unspecified atom stereocenters. The molecule has 0 saturated carbocycles. The number of halogens is 2. The van der Waals surface area contributed by atoms with Gasteiger partial charge in [0, 0.05) is 0 Å². The first-order chi connectivity index (χ1) is 16.2. The summed E-state index contributed by atoms with van der Waals surface area (Å²) in [5, 5.41) is 2.72. The van der Waals surface area contributed by atoms with E-state index >= 15 is 0 Å². The molecule has 0 radical (unpaired) electrons. The van der Waals surface area contributed by atoms with Crippen molar-refractivity contribution in [2.75, 3.05) is 0 Å². The molecule has 0 saturated heterocycles. The van der Waals surface area contributed by atoms with Crippen LogP contribution in [-0.2, 0) is 28.8 Å². The monoisotopic (exact) mass is 628 g/mol. The first-order valence-corrected chi connectivity index (χ1v) is 18.9. The Labute approximate surface area is 254 Å². The number of benzene rings is 2. The number of aryl methyl sites for hydroxylation is 2. The average molecular weight is 631 g/mol. The smallest absolute Gasteiger partial charge is 0.0632 e. The van der Waals surface area contributed by atoms with Crippen LogP contribution < -0.4 is 24.8 Å². The second-order valence-electron chi connectivity index (χ2n) is 11.3. The first kappa shape index (κ1) is 36.1. The van der Waals surface area contributed by atoms with Gasteiger partial charge in [0.2, 0.25) is 0 Å². The zero-order valence-electron chi connectivity index (χ0n) is 24.6. The maximum absolute atomic E-state index is 2.35. The maximum atomic E-state index is 2.35.